The molecule has 2 fully saturated rings. The molecule has 2 unspecified atom stereocenters. The predicted octanol–water partition coefficient (Wildman–Crippen LogP) is 1.91. The second-order valence-electron chi connectivity index (χ2n) is 7.04. The van der Waals surface area contributed by atoms with E-state index >= 15 is 0 Å². The topological polar surface area (TPSA) is 48.3 Å². The van der Waals surface area contributed by atoms with Gasteiger partial charge in [-0.1, -0.05) is 0 Å². The summed E-state index contributed by atoms with van der Waals surface area (Å²) in [7, 11) is 0. The number of nitriles is 1. The van der Waals surface area contributed by atoms with Crippen LogP contribution < -0.4 is 5.32 Å². The molecule has 0 bridgehead atoms. The number of morpholine rings is 1. The van der Waals surface area contributed by atoms with Gasteiger partial charge in [0.05, 0.1) is 17.8 Å². The van der Waals surface area contributed by atoms with Gasteiger partial charge in [-0.3, -0.25) is 10.2 Å². The van der Waals surface area contributed by atoms with Gasteiger partial charge >= 0.3 is 0 Å². The van der Waals surface area contributed by atoms with Crippen molar-refractivity contribution in [3.8, 4) is 6.07 Å². The molecule has 19 heavy (non-hydrogen) atoms. The molecule has 1 heterocycles. The maximum absolute atomic E-state index is 9.39. The van der Waals surface area contributed by atoms with Crippen LogP contribution in [0.2, 0.25) is 0 Å². The van der Waals surface area contributed by atoms with Gasteiger partial charge in [0.2, 0.25) is 0 Å². The first-order chi connectivity index (χ1) is 8.82. The van der Waals surface area contributed by atoms with E-state index in [1.807, 2.05) is 6.92 Å². The number of rotatable bonds is 5. The molecule has 1 aliphatic carbocycles. The van der Waals surface area contributed by atoms with Gasteiger partial charge in [0, 0.05) is 25.7 Å². The lowest BCUT2D eigenvalue weighted by Gasteiger charge is -2.42. The van der Waals surface area contributed by atoms with Gasteiger partial charge < -0.3 is 4.74 Å². The van der Waals surface area contributed by atoms with Crippen molar-refractivity contribution in [2.75, 3.05) is 19.6 Å². The van der Waals surface area contributed by atoms with Gasteiger partial charge in [0.25, 0.3) is 0 Å². The van der Waals surface area contributed by atoms with Gasteiger partial charge in [-0.15, -0.1) is 0 Å². The lowest BCUT2D eigenvalue weighted by molar-refractivity contribution is -0.129. The Balaban J connectivity index is 1.84. The van der Waals surface area contributed by atoms with E-state index in [0.717, 1.165) is 26.1 Å². The third kappa shape index (κ3) is 4.45. The van der Waals surface area contributed by atoms with Crippen molar-refractivity contribution < 1.29 is 4.74 Å². The van der Waals surface area contributed by atoms with E-state index in [1.54, 1.807) is 0 Å². The average Bonchev–Trinajstić information content (AvgIpc) is 3.08. The Morgan fingerprint density at radius 2 is 2.16 bits per heavy atom. The van der Waals surface area contributed by atoms with Crippen LogP contribution in [0.4, 0.5) is 0 Å². The Morgan fingerprint density at radius 3 is 2.68 bits per heavy atom. The minimum Gasteiger partial charge on any atom is -0.370 e. The van der Waals surface area contributed by atoms with Crippen LogP contribution in [0.15, 0.2) is 0 Å². The van der Waals surface area contributed by atoms with Crippen molar-refractivity contribution >= 4 is 0 Å². The van der Waals surface area contributed by atoms with Crippen molar-refractivity contribution in [2.45, 2.75) is 70.2 Å². The standard InChI is InChI=1S/C15H27N3O/c1-12-9-18(11-14(2,3)19-12)8-7-15(4,10-16)17-13-5-6-13/h12-13,17H,5-9,11H2,1-4H3. The van der Waals surface area contributed by atoms with Crippen LogP contribution in [0.25, 0.3) is 0 Å². The monoisotopic (exact) mass is 265 g/mol. The first kappa shape index (κ1) is 14.8. The molecule has 0 spiro atoms. The highest BCUT2D eigenvalue weighted by atomic mass is 16.5. The molecule has 1 aliphatic heterocycles. The summed E-state index contributed by atoms with van der Waals surface area (Å²) in [4.78, 5) is 2.43. The van der Waals surface area contributed by atoms with E-state index in [2.05, 4.69) is 37.1 Å². The summed E-state index contributed by atoms with van der Waals surface area (Å²) >= 11 is 0. The SMILES string of the molecule is CC1CN(CCC(C)(C#N)NC2CC2)CC(C)(C)O1. The maximum atomic E-state index is 9.39. The van der Waals surface area contributed by atoms with Crippen molar-refractivity contribution in [1.29, 1.82) is 5.26 Å². The number of nitrogens with zero attached hydrogens (tertiary/aromatic N) is 2. The minimum absolute atomic E-state index is 0.0787. The summed E-state index contributed by atoms with van der Waals surface area (Å²) in [5.41, 5.74) is -0.461. The molecule has 1 saturated carbocycles. The van der Waals surface area contributed by atoms with Crippen LogP contribution >= 0.6 is 0 Å². The lowest BCUT2D eigenvalue weighted by atomic mass is 9.98. The summed E-state index contributed by atoms with van der Waals surface area (Å²) in [5.74, 6) is 0. The molecule has 4 heteroatoms. The molecule has 0 aromatic carbocycles. The number of ether oxygens (including phenoxy) is 1. The summed E-state index contributed by atoms with van der Waals surface area (Å²) in [6, 6.07) is 3.03. The van der Waals surface area contributed by atoms with Gasteiger partial charge in [-0.25, -0.2) is 0 Å². The zero-order valence-corrected chi connectivity index (χ0v) is 12.7. The second kappa shape index (κ2) is 5.40. The van der Waals surface area contributed by atoms with Crippen LogP contribution in [0.3, 0.4) is 0 Å². The Labute approximate surface area is 117 Å². The fourth-order valence-electron chi connectivity index (χ4n) is 2.98. The van der Waals surface area contributed by atoms with Crippen molar-refractivity contribution in [2.24, 2.45) is 0 Å². The summed E-state index contributed by atoms with van der Waals surface area (Å²) < 4.78 is 5.91. The third-order valence-corrected chi connectivity index (χ3v) is 3.91. The van der Waals surface area contributed by atoms with Gasteiger partial charge in [-0.05, 0) is 47.0 Å². The summed E-state index contributed by atoms with van der Waals surface area (Å²) in [6.45, 7) is 11.3. The largest absolute Gasteiger partial charge is 0.370 e. The normalized spacial score (nSPS) is 30.6. The quantitative estimate of drug-likeness (QED) is 0.825. The van der Waals surface area contributed by atoms with Crippen LogP contribution in [0, 0.1) is 11.3 Å². The maximum Gasteiger partial charge on any atom is 0.105 e. The third-order valence-electron chi connectivity index (χ3n) is 3.91. The van der Waals surface area contributed by atoms with E-state index in [1.165, 1.54) is 12.8 Å². The van der Waals surface area contributed by atoms with E-state index in [9.17, 15) is 5.26 Å². The molecular weight excluding hydrogens is 238 g/mol. The van der Waals surface area contributed by atoms with Gasteiger partial charge in [0.1, 0.15) is 5.54 Å². The highest BCUT2D eigenvalue weighted by molar-refractivity contribution is 5.07. The van der Waals surface area contributed by atoms with Crippen LogP contribution in [0.1, 0.15) is 47.0 Å². The minimum atomic E-state index is -0.382. The number of hydrogen-bond acceptors (Lipinski definition) is 4. The molecule has 0 aromatic heterocycles. The molecule has 0 aromatic rings. The zero-order chi connectivity index (χ0) is 14.1. The molecule has 0 amide bonds. The summed E-state index contributed by atoms with van der Waals surface area (Å²) in [6.07, 6.45) is 3.59. The molecule has 108 valence electrons. The fraction of sp³-hybridized carbons (Fsp3) is 0.933. The van der Waals surface area contributed by atoms with E-state index < -0.39 is 0 Å². The molecule has 1 saturated heterocycles. The molecule has 2 atom stereocenters. The fourth-order valence-corrected chi connectivity index (χ4v) is 2.98. The zero-order valence-electron chi connectivity index (χ0n) is 12.7. The van der Waals surface area contributed by atoms with Crippen molar-refractivity contribution in [1.82, 2.24) is 10.2 Å². The Morgan fingerprint density at radius 1 is 1.47 bits per heavy atom. The van der Waals surface area contributed by atoms with Crippen LogP contribution in [-0.2, 0) is 4.74 Å². The highest BCUT2D eigenvalue weighted by Gasteiger charge is 2.35. The van der Waals surface area contributed by atoms with Crippen LogP contribution in [0.5, 0.6) is 0 Å². The Kier molecular flexibility index (Phi) is 4.20. The number of hydrogen-bond donors (Lipinski definition) is 1. The van der Waals surface area contributed by atoms with E-state index in [0.29, 0.717) is 6.04 Å². The molecule has 2 rings (SSSR count). The van der Waals surface area contributed by atoms with Crippen molar-refractivity contribution in [3.05, 3.63) is 0 Å². The number of nitrogens with one attached hydrogen (secondary N) is 1. The molecular formula is C15H27N3O. The van der Waals surface area contributed by atoms with E-state index in [4.69, 9.17) is 4.74 Å². The second-order valence-corrected chi connectivity index (χ2v) is 7.04. The lowest BCUT2D eigenvalue weighted by Crippen LogP contribution is -2.53. The smallest absolute Gasteiger partial charge is 0.105 e. The first-order valence-electron chi connectivity index (χ1n) is 7.41. The average molecular weight is 265 g/mol. The van der Waals surface area contributed by atoms with Crippen LogP contribution in [-0.4, -0.2) is 47.8 Å². The molecule has 0 radical (unpaired) electrons. The Bertz CT molecular complexity index is 359. The molecule has 1 N–H and O–H groups in total. The highest BCUT2D eigenvalue weighted by Crippen LogP contribution is 2.25. The Hall–Kier alpha value is -0.630. The van der Waals surface area contributed by atoms with Gasteiger partial charge in [0.15, 0.2) is 0 Å². The van der Waals surface area contributed by atoms with Crippen molar-refractivity contribution in [3.63, 3.8) is 0 Å². The van der Waals surface area contributed by atoms with Gasteiger partial charge in [-0.2, -0.15) is 5.26 Å². The van der Waals surface area contributed by atoms with E-state index in [-0.39, 0.29) is 17.2 Å². The molecule has 2 aliphatic rings. The first-order valence-corrected chi connectivity index (χ1v) is 7.41. The predicted molar refractivity (Wildman–Crippen MR) is 75.9 cm³/mol. The molecule has 4 nitrogen and oxygen atoms in total. The summed E-state index contributed by atoms with van der Waals surface area (Å²) in [5, 5.41) is 12.9.